The summed E-state index contributed by atoms with van der Waals surface area (Å²) >= 11 is 0. The van der Waals surface area contributed by atoms with Crippen molar-refractivity contribution in [1.29, 1.82) is 0 Å². The van der Waals surface area contributed by atoms with Crippen molar-refractivity contribution < 1.29 is 23.9 Å². The van der Waals surface area contributed by atoms with Crippen LogP contribution in [-0.4, -0.2) is 61.6 Å². The van der Waals surface area contributed by atoms with E-state index in [1.165, 1.54) is 12.0 Å². The number of nitrogens with one attached hydrogen (secondary N) is 1. The molecule has 1 rings (SSSR count). The number of methoxy groups -OCH3 is 2. The van der Waals surface area contributed by atoms with Crippen molar-refractivity contribution in [3.63, 3.8) is 0 Å². The Morgan fingerprint density at radius 3 is 2.38 bits per heavy atom. The molecule has 21 heavy (non-hydrogen) atoms. The lowest BCUT2D eigenvalue weighted by molar-refractivity contribution is -0.138. The van der Waals surface area contributed by atoms with Crippen LogP contribution >= 0.6 is 0 Å². The zero-order chi connectivity index (χ0) is 16.2. The van der Waals surface area contributed by atoms with E-state index in [0.29, 0.717) is 0 Å². The molecule has 7 heteroatoms. The third-order valence-electron chi connectivity index (χ3n) is 3.77. The molecule has 0 aliphatic carbocycles. The highest BCUT2D eigenvalue weighted by atomic mass is 16.5. The van der Waals surface area contributed by atoms with Crippen LogP contribution in [0.15, 0.2) is 0 Å². The van der Waals surface area contributed by atoms with Gasteiger partial charge in [0.25, 0.3) is 0 Å². The molecule has 0 aromatic rings. The Labute approximate surface area is 124 Å². The second-order valence-electron chi connectivity index (χ2n) is 5.57. The maximum atomic E-state index is 12.7. The SMILES string of the molecule is COC(=O)N[C@H](C(=O)N1CC(=O)C[C@H]1C(C)OC)C(C)C. The van der Waals surface area contributed by atoms with Crippen molar-refractivity contribution in [1.82, 2.24) is 10.2 Å². The van der Waals surface area contributed by atoms with Crippen molar-refractivity contribution in [2.45, 2.75) is 45.4 Å². The molecule has 1 saturated heterocycles. The second kappa shape index (κ2) is 7.40. The highest BCUT2D eigenvalue weighted by molar-refractivity contribution is 5.93. The van der Waals surface area contributed by atoms with Gasteiger partial charge < -0.3 is 19.7 Å². The number of hydrogen-bond donors (Lipinski definition) is 1. The summed E-state index contributed by atoms with van der Waals surface area (Å²) in [6, 6.07) is -1.02. The number of hydrogen-bond acceptors (Lipinski definition) is 5. The van der Waals surface area contributed by atoms with E-state index in [1.807, 2.05) is 20.8 Å². The normalized spacial score (nSPS) is 21.3. The van der Waals surface area contributed by atoms with Crippen LogP contribution in [0.3, 0.4) is 0 Å². The number of carbonyl (C=O) groups excluding carboxylic acids is 3. The van der Waals surface area contributed by atoms with Crippen molar-refractivity contribution in [3.8, 4) is 0 Å². The first-order chi connectivity index (χ1) is 9.81. The van der Waals surface area contributed by atoms with Gasteiger partial charge in [-0.05, 0) is 12.8 Å². The lowest BCUT2D eigenvalue weighted by atomic mass is 10.0. The number of nitrogens with zero attached hydrogens (tertiary/aromatic N) is 1. The van der Waals surface area contributed by atoms with Crippen LogP contribution in [0.2, 0.25) is 0 Å². The molecular formula is C14H24N2O5. The Morgan fingerprint density at radius 1 is 1.29 bits per heavy atom. The molecule has 7 nitrogen and oxygen atoms in total. The molecule has 0 bridgehead atoms. The molecule has 120 valence electrons. The first kappa shape index (κ1) is 17.4. The molecule has 1 unspecified atom stereocenters. The standard InChI is InChI=1S/C14H24N2O5/c1-8(2)12(15-14(19)21-5)13(18)16-7-10(17)6-11(16)9(3)20-4/h8-9,11-12H,6-7H2,1-5H3,(H,15,19)/t9?,11-,12-/m0/s1. The molecule has 1 N–H and O–H groups in total. The third kappa shape index (κ3) is 4.17. The number of Topliss-reactive ketones (excluding diaryl/α,β-unsaturated/α-hetero) is 1. The van der Waals surface area contributed by atoms with Gasteiger partial charge in [0.15, 0.2) is 5.78 Å². The predicted molar refractivity (Wildman–Crippen MR) is 75.8 cm³/mol. The molecule has 0 spiro atoms. The highest BCUT2D eigenvalue weighted by Crippen LogP contribution is 2.22. The van der Waals surface area contributed by atoms with Gasteiger partial charge in [0, 0.05) is 13.5 Å². The minimum atomic E-state index is -0.727. The first-order valence-corrected chi connectivity index (χ1v) is 7.01. The van der Waals surface area contributed by atoms with E-state index in [9.17, 15) is 14.4 Å². The van der Waals surface area contributed by atoms with E-state index in [0.717, 1.165) is 0 Å². The van der Waals surface area contributed by atoms with Gasteiger partial charge in [-0.2, -0.15) is 0 Å². The largest absolute Gasteiger partial charge is 0.453 e. The van der Waals surface area contributed by atoms with E-state index < -0.39 is 12.1 Å². The quantitative estimate of drug-likeness (QED) is 0.802. The first-order valence-electron chi connectivity index (χ1n) is 7.01. The summed E-state index contributed by atoms with van der Waals surface area (Å²) in [6.45, 7) is 5.53. The smallest absolute Gasteiger partial charge is 0.407 e. The minimum absolute atomic E-state index is 0.00201. The number of likely N-dealkylation sites (tertiary alicyclic amines) is 1. The topological polar surface area (TPSA) is 84.9 Å². The van der Waals surface area contributed by atoms with Crippen molar-refractivity contribution in [2.24, 2.45) is 5.92 Å². The van der Waals surface area contributed by atoms with Gasteiger partial charge in [0.2, 0.25) is 5.91 Å². The number of amides is 2. The summed E-state index contributed by atoms with van der Waals surface area (Å²) < 4.78 is 9.80. The number of rotatable bonds is 5. The number of carbonyl (C=O) groups is 3. The summed E-state index contributed by atoms with van der Waals surface area (Å²) in [5, 5.41) is 2.53. The summed E-state index contributed by atoms with van der Waals surface area (Å²) in [5.74, 6) is -0.404. The highest BCUT2D eigenvalue weighted by Gasteiger charge is 2.41. The van der Waals surface area contributed by atoms with E-state index in [1.54, 1.807) is 7.11 Å². The Hall–Kier alpha value is -1.63. The summed E-state index contributed by atoms with van der Waals surface area (Å²) in [6.07, 6.45) is -0.626. The Balaban J connectivity index is 2.90. The van der Waals surface area contributed by atoms with Crippen molar-refractivity contribution in [2.75, 3.05) is 20.8 Å². The fraction of sp³-hybridized carbons (Fsp3) is 0.786. The molecular weight excluding hydrogens is 276 g/mol. The van der Waals surface area contributed by atoms with Gasteiger partial charge in [-0.15, -0.1) is 0 Å². The molecule has 1 aliphatic rings. The van der Waals surface area contributed by atoms with Crippen LogP contribution in [-0.2, 0) is 19.1 Å². The number of ether oxygens (including phenoxy) is 2. The Morgan fingerprint density at radius 2 is 1.90 bits per heavy atom. The summed E-state index contributed by atoms with van der Waals surface area (Å²) in [5.41, 5.74) is 0. The van der Waals surface area contributed by atoms with Crippen LogP contribution < -0.4 is 5.32 Å². The Kier molecular flexibility index (Phi) is 6.14. The van der Waals surface area contributed by atoms with E-state index in [4.69, 9.17) is 4.74 Å². The molecule has 1 fully saturated rings. The van der Waals surface area contributed by atoms with Crippen LogP contribution in [0.4, 0.5) is 4.79 Å². The monoisotopic (exact) mass is 300 g/mol. The zero-order valence-corrected chi connectivity index (χ0v) is 13.2. The fourth-order valence-corrected chi connectivity index (χ4v) is 2.41. The van der Waals surface area contributed by atoms with E-state index in [-0.39, 0.29) is 42.7 Å². The average molecular weight is 300 g/mol. The average Bonchev–Trinajstić information content (AvgIpc) is 2.84. The minimum Gasteiger partial charge on any atom is -0.453 e. The van der Waals surface area contributed by atoms with Crippen molar-refractivity contribution >= 4 is 17.8 Å². The third-order valence-corrected chi connectivity index (χ3v) is 3.77. The van der Waals surface area contributed by atoms with E-state index in [2.05, 4.69) is 10.1 Å². The van der Waals surface area contributed by atoms with Gasteiger partial charge in [-0.1, -0.05) is 13.8 Å². The van der Waals surface area contributed by atoms with Crippen LogP contribution in [0.1, 0.15) is 27.2 Å². The van der Waals surface area contributed by atoms with Crippen molar-refractivity contribution in [3.05, 3.63) is 0 Å². The molecule has 1 heterocycles. The maximum absolute atomic E-state index is 12.7. The predicted octanol–water partition coefficient (Wildman–Crippen LogP) is 0.572. The zero-order valence-electron chi connectivity index (χ0n) is 13.2. The second-order valence-corrected chi connectivity index (χ2v) is 5.57. The molecule has 2 amide bonds. The molecule has 3 atom stereocenters. The van der Waals surface area contributed by atoms with Gasteiger partial charge in [-0.3, -0.25) is 9.59 Å². The Bertz CT molecular complexity index is 410. The van der Waals surface area contributed by atoms with Crippen LogP contribution in [0.25, 0.3) is 0 Å². The maximum Gasteiger partial charge on any atom is 0.407 e. The lowest BCUT2D eigenvalue weighted by Crippen LogP contribution is -2.54. The van der Waals surface area contributed by atoms with Gasteiger partial charge in [-0.25, -0.2) is 4.79 Å². The molecule has 1 aliphatic heterocycles. The van der Waals surface area contributed by atoms with Gasteiger partial charge >= 0.3 is 6.09 Å². The van der Waals surface area contributed by atoms with Gasteiger partial charge in [0.05, 0.1) is 25.8 Å². The lowest BCUT2D eigenvalue weighted by Gasteiger charge is -2.32. The number of ketones is 1. The van der Waals surface area contributed by atoms with Crippen LogP contribution in [0.5, 0.6) is 0 Å². The molecule has 0 radical (unpaired) electrons. The summed E-state index contributed by atoms with van der Waals surface area (Å²) in [4.78, 5) is 37.2. The fourth-order valence-electron chi connectivity index (χ4n) is 2.41. The molecule has 0 saturated carbocycles. The number of alkyl carbamates (subject to hydrolysis) is 1. The molecule has 0 aromatic carbocycles. The summed E-state index contributed by atoms with van der Waals surface area (Å²) in [7, 11) is 2.79. The molecule has 0 aromatic heterocycles. The van der Waals surface area contributed by atoms with Gasteiger partial charge in [0.1, 0.15) is 6.04 Å². The van der Waals surface area contributed by atoms with E-state index >= 15 is 0 Å². The van der Waals surface area contributed by atoms with Crippen LogP contribution in [0, 0.1) is 5.92 Å².